The summed E-state index contributed by atoms with van der Waals surface area (Å²) < 4.78 is 12.1. The Morgan fingerprint density at radius 2 is 1.88 bits per heavy atom. The zero-order valence-corrected chi connectivity index (χ0v) is 19.3. The summed E-state index contributed by atoms with van der Waals surface area (Å²) in [6.07, 6.45) is 2.34. The highest BCUT2D eigenvalue weighted by Crippen LogP contribution is 2.41. The number of amides is 1. The lowest BCUT2D eigenvalue weighted by molar-refractivity contribution is -0.161. The number of hydrogen-bond donors (Lipinski definition) is 0. The Hall–Kier alpha value is -3.75. The Bertz CT molecular complexity index is 1240. The van der Waals surface area contributed by atoms with Gasteiger partial charge in [-0.2, -0.15) is 4.68 Å². The lowest BCUT2D eigenvalue weighted by Gasteiger charge is -2.40. The third kappa shape index (κ3) is 4.64. The van der Waals surface area contributed by atoms with E-state index < -0.39 is 17.9 Å². The van der Waals surface area contributed by atoms with Crippen molar-refractivity contribution in [3.63, 3.8) is 0 Å². The number of benzene rings is 2. The van der Waals surface area contributed by atoms with Crippen LogP contribution in [0.2, 0.25) is 0 Å². The number of carbonyl (C=O) groups is 2. The molecule has 2 unspecified atom stereocenters. The standard InChI is InChI=1S/C25H28N4O5/c1-3-4-15-28-22(30)14-13-19(23(28)18-10-6-8-12-21(18)33-2)25(32)34-16-29-24(31)17-9-5-7-11-20(17)26-27-29/h5-12,19,23H,3-4,13-16H2,1-2H3. The van der Waals surface area contributed by atoms with Crippen molar-refractivity contribution in [2.45, 2.75) is 45.4 Å². The second-order valence-corrected chi connectivity index (χ2v) is 8.28. The van der Waals surface area contributed by atoms with Crippen LogP contribution in [0.4, 0.5) is 0 Å². The number of para-hydroxylation sites is 1. The van der Waals surface area contributed by atoms with Crippen LogP contribution >= 0.6 is 0 Å². The predicted molar refractivity (Wildman–Crippen MR) is 125 cm³/mol. The topological polar surface area (TPSA) is 104 Å². The molecule has 0 N–H and O–H groups in total. The van der Waals surface area contributed by atoms with Crippen molar-refractivity contribution in [2.24, 2.45) is 5.92 Å². The minimum absolute atomic E-state index is 0.00465. The zero-order valence-electron chi connectivity index (χ0n) is 19.3. The highest BCUT2D eigenvalue weighted by molar-refractivity contribution is 5.82. The second kappa shape index (κ2) is 10.5. The van der Waals surface area contributed by atoms with E-state index in [1.54, 1.807) is 36.3 Å². The molecule has 1 aliphatic heterocycles. The first-order valence-electron chi connectivity index (χ1n) is 11.5. The lowest BCUT2D eigenvalue weighted by Crippen LogP contribution is -2.46. The van der Waals surface area contributed by atoms with Crippen LogP contribution in [0.3, 0.4) is 0 Å². The number of ether oxygens (including phenoxy) is 2. The van der Waals surface area contributed by atoms with E-state index in [1.807, 2.05) is 24.3 Å². The van der Waals surface area contributed by atoms with E-state index in [4.69, 9.17) is 9.47 Å². The molecule has 9 nitrogen and oxygen atoms in total. The molecular formula is C25H28N4O5. The van der Waals surface area contributed by atoms with Crippen LogP contribution in [-0.4, -0.2) is 45.4 Å². The van der Waals surface area contributed by atoms with Crippen molar-refractivity contribution in [2.75, 3.05) is 13.7 Å². The fourth-order valence-corrected chi connectivity index (χ4v) is 4.43. The third-order valence-electron chi connectivity index (χ3n) is 6.18. The molecule has 3 aromatic rings. The number of likely N-dealkylation sites (tertiary alicyclic amines) is 1. The number of unbranched alkanes of at least 4 members (excludes halogenated alkanes) is 1. The maximum Gasteiger partial charge on any atom is 0.313 e. The fraction of sp³-hybridized carbons (Fsp3) is 0.400. The van der Waals surface area contributed by atoms with Crippen LogP contribution < -0.4 is 10.3 Å². The average Bonchev–Trinajstić information content (AvgIpc) is 2.87. The number of carbonyl (C=O) groups excluding carboxylic acids is 2. The molecule has 9 heteroatoms. The monoisotopic (exact) mass is 464 g/mol. The number of aromatic nitrogens is 3. The van der Waals surface area contributed by atoms with Crippen molar-refractivity contribution in [3.05, 3.63) is 64.4 Å². The molecule has 0 bridgehead atoms. The minimum atomic E-state index is -0.602. The number of rotatable bonds is 8. The van der Waals surface area contributed by atoms with E-state index in [0.717, 1.165) is 23.1 Å². The molecule has 2 aromatic carbocycles. The minimum Gasteiger partial charge on any atom is -0.496 e. The van der Waals surface area contributed by atoms with E-state index in [2.05, 4.69) is 17.2 Å². The predicted octanol–water partition coefficient (Wildman–Crippen LogP) is 3.08. The summed E-state index contributed by atoms with van der Waals surface area (Å²) in [6, 6.07) is 13.7. The third-order valence-corrected chi connectivity index (χ3v) is 6.18. The normalized spacial score (nSPS) is 18.2. The van der Waals surface area contributed by atoms with Crippen molar-refractivity contribution in [3.8, 4) is 5.75 Å². The van der Waals surface area contributed by atoms with E-state index in [0.29, 0.717) is 29.6 Å². The van der Waals surface area contributed by atoms with Gasteiger partial charge in [-0.25, -0.2) is 0 Å². The first kappa shape index (κ1) is 23.4. The Balaban J connectivity index is 1.61. The Morgan fingerprint density at radius 1 is 1.12 bits per heavy atom. The molecule has 1 fully saturated rings. The number of fused-ring (bicyclic) bond motifs is 1. The molecule has 1 aromatic heterocycles. The summed E-state index contributed by atoms with van der Waals surface area (Å²) in [6.45, 7) is 2.24. The molecule has 1 amide bonds. The molecule has 0 aliphatic carbocycles. The molecule has 2 heterocycles. The fourth-order valence-electron chi connectivity index (χ4n) is 4.43. The van der Waals surface area contributed by atoms with Crippen molar-refractivity contribution in [1.82, 2.24) is 19.9 Å². The highest BCUT2D eigenvalue weighted by Gasteiger charge is 2.42. The van der Waals surface area contributed by atoms with E-state index in [9.17, 15) is 14.4 Å². The van der Waals surface area contributed by atoms with Crippen LogP contribution in [0.5, 0.6) is 5.75 Å². The van der Waals surface area contributed by atoms with E-state index in [-0.39, 0.29) is 24.6 Å². The van der Waals surface area contributed by atoms with Crippen molar-refractivity contribution >= 4 is 22.8 Å². The van der Waals surface area contributed by atoms with Gasteiger partial charge in [0.05, 0.1) is 24.5 Å². The Labute approximate surface area is 197 Å². The van der Waals surface area contributed by atoms with Gasteiger partial charge in [-0.3, -0.25) is 14.4 Å². The summed E-state index contributed by atoms with van der Waals surface area (Å²) in [4.78, 5) is 40.6. The number of piperidine rings is 1. The average molecular weight is 465 g/mol. The first-order chi connectivity index (χ1) is 16.5. The van der Waals surface area contributed by atoms with Gasteiger partial charge < -0.3 is 14.4 Å². The van der Waals surface area contributed by atoms with Gasteiger partial charge in [0, 0.05) is 18.5 Å². The molecule has 1 aliphatic rings. The highest BCUT2D eigenvalue weighted by atomic mass is 16.5. The number of hydrogen-bond acceptors (Lipinski definition) is 7. The Kier molecular flexibility index (Phi) is 7.20. The number of nitrogens with zero attached hydrogens (tertiary/aromatic N) is 4. The van der Waals surface area contributed by atoms with Crippen molar-refractivity contribution < 1.29 is 19.1 Å². The van der Waals surface area contributed by atoms with Crippen LogP contribution in [0.15, 0.2) is 53.3 Å². The molecule has 178 valence electrons. The van der Waals surface area contributed by atoms with Gasteiger partial charge in [0.2, 0.25) is 5.91 Å². The van der Waals surface area contributed by atoms with Crippen molar-refractivity contribution in [1.29, 1.82) is 0 Å². The molecule has 0 radical (unpaired) electrons. The number of methoxy groups -OCH3 is 1. The van der Waals surface area contributed by atoms with E-state index in [1.165, 1.54) is 0 Å². The smallest absolute Gasteiger partial charge is 0.313 e. The number of esters is 1. The zero-order chi connectivity index (χ0) is 24.1. The molecule has 1 saturated heterocycles. The van der Waals surface area contributed by atoms with Crippen LogP contribution in [0, 0.1) is 5.92 Å². The largest absolute Gasteiger partial charge is 0.496 e. The van der Waals surface area contributed by atoms with Crippen LogP contribution in [-0.2, 0) is 21.1 Å². The summed E-state index contributed by atoms with van der Waals surface area (Å²) >= 11 is 0. The lowest BCUT2D eigenvalue weighted by atomic mass is 9.83. The molecular weight excluding hydrogens is 436 g/mol. The van der Waals surface area contributed by atoms with Gasteiger partial charge in [0.25, 0.3) is 5.56 Å². The molecule has 0 saturated carbocycles. The van der Waals surface area contributed by atoms with Gasteiger partial charge in [-0.15, -0.1) is 5.10 Å². The van der Waals surface area contributed by atoms with Gasteiger partial charge in [0.1, 0.15) is 11.3 Å². The summed E-state index contributed by atoms with van der Waals surface area (Å²) in [5, 5.41) is 8.31. The molecule has 34 heavy (non-hydrogen) atoms. The van der Waals surface area contributed by atoms with Gasteiger partial charge >= 0.3 is 5.97 Å². The second-order valence-electron chi connectivity index (χ2n) is 8.28. The van der Waals surface area contributed by atoms with Gasteiger partial charge in [0.15, 0.2) is 6.73 Å². The molecule has 4 rings (SSSR count). The summed E-state index contributed by atoms with van der Waals surface area (Å²) in [5.74, 6) is -0.482. The van der Waals surface area contributed by atoms with Crippen LogP contribution in [0.25, 0.3) is 10.9 Å². The van der Waals surface area contributed by atoms with Crippen LogP contribution in [0.1, 0.15) is 44.2 Å². The quantitative estimate of drug-likeness (QED) is 0.472. The Morgan fingerprint density at radius 3 is 2.68 bits per heavy atom. The SMILES string of the molecule is CCCCN1C(=O)CCC(C(=O)OCn2nnc3ccccc3c2=O)C1c1ccccc1OC. The maximum atomic E-state index is 13.3. The summed E-state index contributed by atoms with van der Waals surface area (Å²) in [5.41, 5.74) is 0.852. The summed E-state index contributed by atoms with van der Waals surface area (Å²) in [7, 11) is 1.57. The molecule has 2 atom stereocenters. The van der Waals surface area contributed by atoms with Gasteiger partial charge in [-0.05, 0) is 31.0 Å². The maximum absolute atomic E-state index is 13.3. The molecule has 0 spiro atoms. The van der Waals surface area contributed by atoms with Gasteiger partial charge in [-0.1, -0.05) is 48.9 Å². The van der Waals surface area contributed by atoms with E-state index >= 15 is 0 Å². The first-order valence-corrected chi connectivity index (χ1v) is 11.5.